The first-order chi connectivity index (χ1) is 15.2. The standard InChI is InChI=1S/C21H16BrCl2NO6S/c1-29-16-6-11(7-17-20(27)25(21(28)32-17)9-18(26)30-2)5-14(22)19(16)31-10-12-3-4-13(23)8-15(12)24/h3-8H,9-10H2,1-2H3/b17-7+. The number of hydrogen-bond donors (Lipinski definition) is 0. The van der Waals surface area contributed by atoms with Crippen LogP contribution in [0.5, 0.6) is 11.5 Å². The summed E-state index contributed by atoms with van der Waals surface area (Å²) in [5, 5.41) is 0.460. The maximum atomic E-state index is 12.5. The van der Waals surface area contributed by atoms with Gasteiger partial charge < -0.3 is 14.2 Å². The number of thioether (sulfide) groups is 1. The Hall–Kier alpha value is -2.20. The highest BCUT2D eigenvalue weighted by atomic mass is 79.9. The Morgan fingerprint density at radius 2 is 1.94 bits per heavy atom. The number of methoxy groups -OCH3 is 2. The Bertz CT molecular complexity index is 1120. The van der Waals surface area contributed by atoms with Crippen molar-refractivity contribution in [2.24, 2.45) is 0 Å². The Balaban J connectivity index is 1.82. The van der Waals surface area contributed by atoms with Crippen LogP contribution in [0.25, 0.3) is 6.08 Å². The molecular formula is C21H16BrCl2NO6S. The van der Waals surface area contributed by atoms with Crippen LogP contribution in [0.4, 0.5) is 4.79 Å². The van der Waals surface area contributed by atoms with Crippen molar-refractivity contribution in [3.05, 3.63) is 60.9 Å². The summed E-state index contributed by atoms with van der Waals surface area (Å²) in [6, 6.07) is 8.50. The van der Waals surface area contributed by atoms with Gasteiger partial charge in [-0.25, -0.2) is 0 Å². The van der Waals surface area contributed by atoms with E-state index in [1.807, 2.05) is 0 Å². The quantitative estimate of drug-likeness (QED) is 0.324. The fourth-order valence-electron chi connectivity index (χ4n) is 2.73. The highest BCUT2D eigenvalue weighted by Crippen LogP contribution is 2.39. The molecule has 2 aromatic carbocycles. The second kappa shape index (κ2) is 10.6. The molecule has 11 heteroatoms. The Kier molecular flexibility index (Phi) is 8.10. The minimum atomic E-state index is -0.680. The largest absolute Gasteiger partial charge is 0.493 e. The molecule has 1 aliphatic rings. The smallest absolute Gasteiger partial charge is 0.325 e. The van der Waals surface area contributed by atoms with Crippen molar-refractivity contribution >= 4 is 74.1 Å². The number of amides is 2. The highest BCUT2D eigenvalue weighted by Gasteiger charge is 2.36. The first-order valence-electron chi connectivity index (χ1n) is 9.00. The third-order valence-electron chi connectivity index (χ3n) is 4.33. The maximum absolute atomic E-state index is 12.5. The van der Waals surface area contributed by atoms with Gasteiger partial charge in [0.15, 0.2) is 11.5 Å². The molecule has 168 valence electrons. The van der Waals surface area contributed by atoms with Crippen LogP contribution < -0.4 is 9.47 Å². The number of carbonyl (C=O) groups excluding carboxylic acids is 3. The van der Waals surface area contributed by atoms with Crippen LogP contribution in [-0.2, 0) is 20.9 Å². The van der Waals surface area contributed by atoms with Gasteiger partial charge in [-0.15, -0.1) is 0 Å². The predicted octanol–water partition coefficient (Wildman–Crippen LogP) is 5.55. The minimum absolute atomic E-state index is 0.175. The fraction of sp³-hybridized carbons (Fsp3) is 0.190. The summed E-state index contributed by atoms with van der Waals surface area (Å²) < 4.78 is 16.4. The molecule has 1 heterocycles. The molecule has 0 N–H and O–H groups in total. The summed E-state index contributed by atoms with van der Waals surface area (Å²) >= 11 is 16.3. The average Bonchev–Trinajstić information content (AvgIpc) is 3.00. The van der Waals surface area contributed by atoms with Gasteiger partial charge in [-0.2, -0.15) is 0 Å². The van der Waals surface area contributed by atoms with Gasteiger partial charge in [0.05, 0.1) is 23.6 Å². The predicted molar refractivity (Wildman–Crippen MR) is 126 cm³/mol. The SMILES string of the molecule is COC(=O)CN1C(=O)S/C(=C/c2cc(Br)c(OCc3ccc(Cl)cc3Cl)c(OC)c2)C1=O. The third kappa shape index (κ3) is 5.58. The van der Waals surface area contributed by atoms with Gasteiger partial charge in [-0.05, 0) is 63.6 Å². The lowest BCUT2D eigenvalue weighted by atomic mass is 10.1. The average molecular weight is 561 g/mol. The molecule has 0 aromatic heterocycles. The molecule has 0 aliphatic carbocycles. The molecule has 0 bridgehead atoms. The van der Waals surface area contributed by atoms with Crippen molar-refractivity contribution < 1.29 is 28.6 Å². The molecule has 0 spiro atoms. The molecule has 0 atom stereocenters. The Morgan fingerprint density at radius 3 is 2.59 bits per heavy atom. The van der Waals surface area contributed by atoms with Gasteiger partial charge in [0.25, 0.3) is 11.1 Å². The molecule has 0 saturated carbocycles. The normalized spacial score (nSPS) is 14.8. The van der Waals surface area contributed by atoms with Crippen molar-refractivity contribution in [3.63, 3.8) is 0 Å². The number of hydrogen-bond acceptors (Lipinski definition) is 7. The van der Waals surface area contributed by atoms with Gasteiger partial charge in [0, 0.05) is 15.6 Å². The van der Waals surface area contributed by atoms with E-state index < -0.39 is 23.7 Å². The van der Waals surface area contributed by atoms with Gasteiger partial charge in [-0.3, -0.25) is 19.3 Å². The fourth-order valence-corrected chi connectivity index (χ4v) is 4.61. The molecule has 0 radical (unpaired) electrons. The van der Waals surface area contributed by atoms with E-state index in [0.717, 1.165) is 22.2 Å². The van der Waals surface area contributed by atoms with Gasteiger partial charge in [0.2, 0.25) is 0 Å². The van der Waals surface area contributed by atoms with E-state index in [2.05, 4.69) is 20.7 Å². The molecule has 7 nitrogen and oxygen atoms in total. The van der Waals surface area contributed by atoms with E-state index in [-0.39, 0.29) is 11.5 Å². The van der Waals surface area contributed by atoms with E-state index in [9.17, 15) is 14.4 Å². The molecule has 0 unspecified atom stereocenters. The van der Waals surface area contributed by atoms with E-state index in [1.165, 1.54) is 20.3 Å². The number of imide groups is 1. The zero-order chi connectivity index (χ0) is 23.4. The van der Waals surface area contributed by atoms with Crippen LogP contribution in [-0.4, -0.2) is 42.8 Å². The minimum Gasteiger partial charge on any atom is -0.493 e. The second-order valence-electron chi connectivity index (χ2n) is 6.40. The monoisotopic (exact) mass is 559 g/mol. The number of rotatable bonds is 7. The Labute approximate surface area is 206 Å². The summed E-state index contributed by atoms with van der Waals surface area (Å²) in [7, 11) is 2.67. The van der Waals surface area contributed by atoms with Crippen molar-refractivity contribution in [3.8, 4) is 11.5 Å². The lowest BCUT2D eigenvalue weighted by Gasteiger charge is -2.14. The number of ether oxygens (including phenoxy) is 3. The molecule has 2 amide bonds. The van der Waals surface area contributed by atoms with Crippen molar-refractivity contribution in [1.29, 1.82) is 0 Å². The summed E-state index contributed by atoms with van der Waals surface area (Å²) in [4.78, 5) is 37.1. The van der Waals surface area contributed by atoms with Crippen LogP contribution in [0.15, 0.2) is 39.7 Å². The highest BCUT2D eigenvalue weighted by molar-refractivity contribution is 9.10. The number of esters is 1. The van der Waals surface area contributed by atoms with Crippen molar-refractivity contribution in [1.82, 2.24) is 4.90 Å². The maximum Gasteiger partial charge on any atom is 0.325 e. The molecular weight excluding hydrogens is 545 g/mol. The summed E-state index contributed by atoms with van der Waals surface area (Å²) in [6.45, 7) is -0.262. The molecule has 1 saturated heterocycles. The van der Waals surface area contributed by atoms with E-state index in [4.69, 9.17) is 32.7 Å². The molecule has 3 rings (SSSR count). The van der Waals surface area contributed by atoms with Crippen LogP contribution in [0.2, 0.25) is 10.0 Å². The van der Waals surface area contributed by atoms with Crippen LogP contribution in [0.1, 0.15) is 11.1 Å². The van der Waals surface area contributed by atoms with E-state index in [1.54, 1.807) is 30.3 Å². The number of carbonyl (C=O) groups is 3. The topological polar surface area (TPSA) is 82.1 Å². The van der Waals surface area contributed by atoms with Crippen molar-refractivity contribution in [2.75, 3.05) is 20.8 Å². The first kappa shape index (κ1) is 24.4. The second-order valence-corrected chi connectivity index (χ2v) is 9.09. The first-order valence-corrected chi connectivity index (χ1v) is 11.4. The zero-order valence-corrected chi connectivity index (χ0v) is 20.7. The van der Waals surface area contributed by atoms with Crippen LogP contribution in [0.3, 0.4) is 0 Å². The van der Waals surface area contributed by atoms with E-state index in [0.29, 0.717) is 31.6 Å². The van der Waals surface area contributed by atoms with E-state index >= 15 is 0 Å². The number of benzene rings is 2. The lowest BCUT2D eigenvalue weighted by molar-refractivity contribution is -0.143. The van der Waals surface area contributed by atoms with Gasteiger partial charge >= 0.3 is 5.97 Å². The zero-order valence-electron chi connectivity index (χ0n) is 16.8. The van der Waals surface area contributed by atoms with Gasteiger partial charge in [0.1, 0.15) is 13.2 Å². The number of nitrogens with zero attached hydrogens (tertiary/aromatic N) is 1. The number of halogens is 3. The molecule has 1 fully saturated rings. The van der Waals surface area contributed by atoms with Crippen LogP contribution >= 0.6 is 50.9 Å². The summed E-state index contributed by atoms with van der Waals surface area (Å²) in [5.74, 6) is -0.405. The van der Waals surface area contributed by atoms with Crippen LogP contribution in [0, 0.1) is 0 Å². The van der Waals surface area contributed by atoms with Crippen molar-refractivity contribution in [2.45, 2.75) is 6.61 Å². The molecule has 32 heavy (non-hydrogen) atoms. The third-order valence-corrected chi connectivity index (χ3v) is 6.41. The Morgan fingerprint density at radius 1 is 1.19 bits per heavy atom. The van der Waals surface area contributed by atoms with Gasteiger partial charge in [-0.1, -0.05) is 29.3 Å². The summed E-state index contributed by atoms with van der Waals surface area (Å²) in [6.07, 6.45) is 1.54. The molecule has 2 aromatic rings. The molecule has 1 aliphatic heterocycles. The lowest BCUT2D eigenvalue weighted by Crippen LogP contribution is -2.34. The summed E-state index contributed by atoms with van der Waals surface area (Å²) in [5.41, 5.74) is 1.34.